The van der Waals surface area contributed by atoms with Gasteiger partial charge in [-0.15, -0.1) is 0 Å². The van der Waals surface area contributed by atoms with E-state index >= 15 is 0 Å². The predicted molar refractivity (Wildman–Crippen MR) is 81.2 cm³/mol. The van der Waals surface area contributed by atoms with Crippen molar-refractivity contribution in [3.05, 3.63) is 54.1 Å². The second-order valence-corrected chi connectivity index (χ2v) is 6.66. The fourth-order valence-electron chi connectivity index (χ4n) is 2.89. The Kier molecular flexibility index (Phi) is 3.38. The minimum Gasteiger partial charge on any atom is -0.333 e. The summed E-state index contributed by atoms with van der Waals surface area (Å²) in [6.45, 7) is 5.71. The summed E-state index contributed by atoms with van der Waals surface area (Å²) in [5, 5.41) is 0. The molecule has 0 saturated heterocycles. The SMILES string of the molecule is CC1(C)CC1Cn1cncc1[C@H](N)Cc1ccccc1. The average molecular weight is 269 g/mol. The Morgan fingerprint density at radius 1 is 1.35 bits per heavy atom. The van der Waals surface area contributed by atoms with E-state index in [1.165, 1.54) is 12.0 Å². The molecule has 1 heterocycles. The van der Waals surface area contributed by atoms with Crippen LogP contribution in [0.4, 0.5) is 0 Å². The molecule has 20 heavy (non-hydrogen) atoms. The average Bonchev–Trinajstić information content (AvgIpc) is 2.83. The lowest BCUT2D eigenvalue weighted by molar-refractivity contribution is 0.480. The van der Waals surface area contributed by atoms with Crippen molar-refractivity contribution >= 4 is 0 Å². The Morgan fingerprint density at radius 2 is 2.05 bits per heavy atom. The maximum atomic E-state index is 6.38. The van der Waals surface area contributed by atoms with Gasteiger partial charge in [0.05, 0.1) is 18.1 Å². The molecule has 3 nitrogen and oxygen atoms in total. The van der Waals surface area contributed by atoms with Crippen LogP contribution < -0.4 is 5.73 Å². The van der Waals surface area contributed by atoms with E-state index in [-0.39, 0.29) is 6.04 Å². The first kappa shape index (κ1) is 13.4. The molecule has 2 aromatic rings. The largest absolute Gasteiger partial charge is 0.333 e. The van der Waals surface area contributed by atoms with E-state index in [0.717, 1.165) is 24.6 Å². The normalized spacial score (nSPS) is 21.6. The lowest BCUT2D eigenvalue weighted by Crippen LogP contribution is -2.18. The van der Waals surface area contributed by atoms with Crippen LogP contribution in [0.3, 0.4) is 0 Å². The summed E-state index contributed by atoms with van der Waals surface area (Å²) in [7, 11) is 0. The first-order valence-corrected chi connectivity index (χ1v) is 7.36. The molecule has 106 valence electrons. The van der Waals surface area contributed by atoms with E-state index in [1.54, 1.807) is 0 Å². The maximum absolute atomic E-state index is 6.38. The highest BCUT2D eigenvalue weighted by atomic mass is 15.1. The fraction of sp³-hybridized carbons (Fsp3) is 0.471. The number of hydrogen-bond donors (Lipinski definition) is 1. The maximum Gasteiger partial charge on any atom is 0.0948 e. The zero-order valence-electron chi connectivity index (χ0n) is 12.3. The lowest BCUT2D eigenvalue weighted by Gasteiger charge is -2.15. The van der Waals surface area contributed by atoms with E-state index in [2.05, 4.69) is 47.7 Å². The number of rotatable bonds is 5. The minimum absolute atomic E-state index is 0.0155. The molecule has 0 amide bonds. The summed E-state index contributed by atoms with van der Waals surface area (Å²) in [5.74, 6) is 0.763. The lowest BCUT2D eigenvalue weighted by atomic mass is 10.0. The van der Waals surface area contributed by atoms with Crippen molar-refractivity contribution < 1.29 is 0 Å². The van der Waals surface area contributed by atoms with E-state index in [9.17, 15) is 0 Å². The number of benzene rings is 1. The molecular weight excluding hydrogens is 246 g/mol. The van der Waals surface area contributed by atoms with E-state index in [1.807, 2.05) is 18.6 Å². The highest BCUT2D eigenvalue weighted by molar-refractivity contribution is 5.18. The van der Waals surface area contributed by atoms with Crippen molar-refractivity contribution in [2.45, 2.75) is 39.3 Å². The quantitative estimate of drug-likeness (QED) is 0.906. The molecule has 1 saturated carbocycles. The van der Waals surface area contributed by atoms with Gasteiger partial charge in [0.15, 0.2) is 0 Å². The number of imidazole rings is 1. The third-order valence-corrected chi connectivity index (χ3v) is 4.56. The van der Waals surface area contributed by atoms with Gasteiger partial charge in [0.1, 0.15) is 0 Å². The van der Waals surface area contributed by atoms with Gasteiger partial charge in [-0.05, 0) is 29.7 Å². The van der Waals surface area contributed by atoms with Gasteiger partial charge in [0.25, 0.3) is 0 Å². The minimum atomic E-state index is 0.0155. The standard InChI is InChI=1S/C17H23N3/c1-17(2)9-14(17)11-20-12-19-10-16(20)15(18)8-13-6-4-3-5-7-13/h3-7,10,12,14-15H,8-9,11,18H2,1-2H3/t14?,15-/m1/s1. The third-order valence-electron chi connectivity index (χ3n) is 4.56. The molecule has 3 rings (SSSR count). The van der Waals surface area contributed by atoms with Gasteiger partial charge in [0.2, 0.25) is 0 Å². The number of nitrogens with zero attached hydrogens (tertiary/aromatic N) is 2. The zero-order chi connectivity index (χ0) is 14.2. The van der Waals surface area contributed by atoms with Crippen LogP contribution in [-0.4, -0.2) is 9.55 Å². The van der Waals surface area contributed by atoms with Crippen molar-refractivity contribution in [1.82, 2.24) is 9.55 Å². The number of hydrogen-bond acceptors (Lipinski definition) is 2. The van der Waals surface area contributed by atoms with Crippen LogP contribution in [0, 0.1) is 11.3 Å². The first-order valence-electron chi connectivity index (χ1n) is 7.36. The monoisotopic (exact) mass is 269 g/mol. The van der Waals surface area contributed by atoms with Crippen molar-refractivity contribution in [1.29, 1.82) is 0 Å². The first-order chi connectivity index (χ1) is 9.56. The summed E-state index contributed by atoms with van der Waals surface area (Å²) in [6, 6.07) is 10.4. The Bertz CT molecular complexity index is 571. The second kappa shape index (κ2) is 5.06. The third kappa shape index (κ3) is 2.78. The summed E-state index contributed by atoms with van der Waals surface area (Å²) >= 11 is 0. The molecule has 0 spiro atoms. The molecule has 0 radical (unpaired) electrons. The van der Waals surface area contributed by atoms with Crippen LogP contribution in [0.1, 0.15) is 37.6 Å². The Labute approximate surface area is 120 Å². The summed E-state index contributed by atoms with van der Waals surface area (Å²) in [6.07, 6.45) is 6.01. The van der Waals surface area contributed by atoms with Gasteiger partial charge in [-0.1, -0.05) is 44.2 Å². The van der Waals surface area contributed by atoms with Crippen molar-refractivity contribution in [2.24, 2.45) is 17.1 Å². The van der Waals surface area contributed by atoms with Crippen LogP contribution in [0.15, 0.2) is 42.9 Å². The van der Waals surface area contributed by atoms with Gasteiger partial charge in [-0.25, -0.2) is 4.98 Å². The molecule has 1 aromatic heterocycles. The summed E-state index contributed by atoms with van der Waals surface area (Å²) in [5.41, 5.74) is 9.29. The topological polar surface area (TPSA) is 43.8 Å². The highest BCUT2D eigenvalue weighted by Crippen LogP contribution is 2.52. The smallest absolute Gasteiger partial charge is 0.0948 e. The highest BCUT2D eigenvalue weighted by Gasteiger charge is 2.45. The molecule has 1 fully saturated rings. The van der Waals surface area contributed by atoms with Crippen molar-refractivity contribution in [3.63, 3.8) is 0 Å². The van der Waals surface area contributed by atoms with Crippen molar-refractivity contribution in [2.75, 3.05) is 0 Å². The molecule has 2 N–H and O–H groups in total. The van der Waals surface area contributed by atoms with Gasteiger partial charge in [0, 0.05) is 12.7 Å². The van der Waals surface area contributed by atoms with Crippen LogP contribution in [0.2, 0.25) is 0 Å². The zero-order valence-corrected chi connectivity index (χ0v) is 12.3. The number of aromatic nitrogens is 2. The molecule has 2 atom stereocenters. The van der Waals surface area contributed by atoms with Crippen LogP contribution in [-0.2, 0) is 13.0 Å². The Hall–Kier alpha value is -1.61. The van der Waals surface area contributed by atoms with Gasteiger partial charge in [-0.2, -0.15) is 0 Å². The fourth-order valence-corrected chi connectivity index (χ4v) is 2.89. The molecule has 0 aliphatic heterocycles. The van der Waals surface area contributed by atoms with Crippen LogP contribution >= 0.6 is 0 Å². The van der Waals surface area contributed by atoms with Gasteiger partial charge in [-0.3, -0.25) is 0 Å². The van der Waals surface area contributed by atoms with E-state index < -0.39 is 0 Å². The van der Waals surface area contributed by atoms with Gasteiger partial charge >= 0.3 is 0 Å². The molecule has 0 bridgehead atoms. The number of nitrogens with two attached hydrogens (primary N) is 1. The van der Waals surface area contributed by atoms with E-state index in [4.69, 9.17) is 5.73 Å². The van der Waals surface area contributed by atoms with Crippen molar-refractivity contribution in [3.8, 4) is 0 Å². The van der Waals surface area contributed by atoms with Crippen LogP contribution in [0.25, 0.3) is 0 Å². The predicted octanol–water partition coefficient (Wildman–Crippen LogP) is 3.17. The second-order valence-electron chi connectivity index (χ2n) is 6.66. The van der Waals surface area contributed by atoms with Gasteiger partial charge < -0.3 is 10.3 Å². The molecule has 1 unspecified atom stereocenters. The Balaban J connectivity index is 1.69. The van der Waals surface area contributed by atoms with Crippen LogP contribution in [0.5, 0.6) is 0 Å². The molecule has 1 aliphatic rings. The molecule has 1 aromatic carbocycles. The summed E-state index contributed by atoms with van der Waals surface area (Å²) in [4.78, 5) is 4.30. The van der Waals surface area contributed by atoms with E-state index in [0.29, 0.717) is 5.41 Å². The summed E-state index contributed by atoms with van der Waals surface area (Å²) < 4.78 is 2.24. The Morgan fingerprint density at radius 3 is 2.70 bits per heavy atom. The molecule has 3 heteroatoms. The molecular formula is C17H23N3. The molecule has 1 aliphatic carbocycles.